The number of carbonyl (C=O) groups is 2. The highest BCUT2D eigenvalue weighted by Gasteiger charge is 2.17. The highest BCUT2D eigenvalue weighted by Crippen LogP contribution is 2.29. The van der Waals surface area contributed by atoms with E-state index in [1.807, 2.05) is 0 Å². The lowest BCUT2D eigenvalue weighted by Crippen LogP contribution is -2.11. The van der Waals surface area contributed by atoms with Crippen LogP contribution in [0.25, 0.3) is 11.5 Å². The molecule has 0 spiro atoms. The molecule has 29 heavy (non-hydrogen) atoms. The third kappa shape index (κ3) is 4.38. The molecule has 0 saturated carbocycles. The number of esters is 1. The van der Waals surface area contributed by atoms with E-state index in [1.165, 1.54) is 42.5 Å². The zero-order valence-electron chi connectivity index (χ0n) is 14.8. The van der Waals surface area contributed by atoms with Crippen LogP contribution in [0.2, 0.25) is 0 Å². The van der Waals surface area contributed by atoms with Gasteiger partial charge >= 0.3 is 5.97 Å². The Kier molecular flexibility index (Phi) is 5.44. The lowest BCUT2D eigenvalue weighted by Gasteiger charge is -1.95. The van der Waals surface area contributed by atoms with E-state index in [0.29, 0.717) is 32.5 Å². The Balaban J connectivity index is 1.34. The number of methoxy groups -OCH3 is 1. The minimum absolute atomic E-state index is 0.0896. The molecule has 0 unspecified atom stereocenters. The van der Waals surface area contributed by atoms with Crippen LogP contribution < -0.4 is 5.32 Å². The number of aromatic nitrogens is 3. The van der Waals surface area contributed by atoms with Gasteiger partial charge in [0.05, 0.1) is 19.1 Å². The molecule has 0 bridgehead atoms. The summed E-state index contributed by atoms with van der Waals surface area (Å²) in [5.74, 6) is 0.963. The highest BCUT2D eigenvalue weighted by molar-refractivity contribution is 8.00. The molecule has 0 radical (unpaired) electrons. The van der Waals surface area contributed by atoms with Crippen LogP contribution in [0.4, 0.5) is 5.13 Å². The van der Waals surface area contributed by atoms with Gasteiger partial charge in [-0.1, -0.05) is 28.3 Å². The largest absolute Gasteiger partial charge is 0.463 e. The molecule has 12 heteroatoms. The van der Waals surface area contributed by atoms with Crippen LogP contribution in [0.15, 0.2) is 54.3 Å². The monoisotopic (exact) mass is 432 g/mol. The van der Waals surface area contributed by atoms with E-state index in [1.54, 1.807) is 24.3 Å². The minimum atomic E-state index is -0.537. The number of thioether (sulfide) groups is 1. The average Bonchev–Trinajstić information content (AvgIpc) is 3.52. The maximum atomic E-state index is 12.3. The van der Waals surface area contributed by atoms with Gasteiger partial charge < -0.3 is 18.1 Å². The molecule has 4 aromatic heterocycles. The predicted molar refractivity (Wildman–Crippen MR) is 102 cm³/mol. The molecular weight excluding hydrogens is 420 g/mol. The molecule has 4 rings (SSSR count). The van der Waals surface area contributed by atoms with Crippen molar-refractivity contribution in [3.8, 4) is 11.5 Å². The lowest BCUT2D eigenvalue weighted by atomic mass is 10.3. The standard InChI is InChI=1S/C17H12N4O6S2/c1-24-15(23)12-5-4-9(26-12)8-28-17-20-19-16(29-17)18-14(22)10-7-13(27-21-10)11-3-2-6-25-11/h2-7H,8H2,1H3,(H,18,19,22). The molecule has 10 nitrogen and oxygen atoms in total. The van der Waals surface area contributed by atoms with Crippen LogP contribution >= 0.6 is 23.1 Å². The number of amides is 1. The van der Waals surface area contributed by atoms with Gasteiger partial charge in [-0.15, -0.1) is 10.2 Å². The highest BCUT2D eigenvalue weighted by atomic mass is 32.2. The summed E-state index contributed by atoms with van der Waals surface area (Å²) in [7, 11) is 1.28. The Morgan fingerprint density at radius 3 is 2.93 bits per heavy atom. The van der Waals surface area contributed by atoms with Gasteiger partial charge in [0.1, 0.15) is 5.76 Å². The van der Waals surface area contributed by atoms with Crippen molar-refractivity contribution in [1.29, 1.82) is 0 Å². The summed E-state index contributed by atoms with van der Waals surface area (Å²) in [4.78, 5) is 23.7. The maximum absolute atomic E-state index is 12.3. The second kappa shape index (κ2) is 8.32. The molecule has 1 N–H and O–H groups in total. The molecule has 0 saturated heterocycles. The second-order valence-corrected chi connectivity index (χ2v) is 7.63. The van der Waals surface area contributed by atoms with E-state index in [-0.39, 0.29) is 11.5 Å². The van der Waals surface area contributed by atoms with Crippen molar-refractivity contribution in [1.82, 2.24) is 15.4 Å². The molecular formula is C17H12N4O6S2. The molecule has 4 heterocycles. The Morgan fingerprint density at radius 2 is 2.14 bits per heavy atom. The molecule has 0 atom stereocenters. The van der Waals surface area contributed by atoms with Gasteiger partial charge in [-0.25, -0.2) is 4.79 Å². The molecule has 0 aliphatic rings. The van der Waals surface area contributed by atoms with Crippen molar-refractivity contribution in [2.75, 3.05) is 12.4 Å². The summed E-state index contributed by atoms with van der Waals surface area (Å²) < 4.78 is 20.9. The zero-order chi connectivity index (χ0) is 20.2. The Bertz CT molecular complexity index is 1130. The van der Waals surface area contributed by atoms with Gasteiger partial charge in [0.25, 0.3) is 5.91 Å². The van der Waals surface area contributed by atoms with Gasteiger partial charge in [-0.05, 0) is 24.3 Å². The number of furan rings is 2. The third-order valence-electron chi connectivity index (χ3n) is 3.52. The first-order valence-corrected chi connectivity index (χ1v) is 9.88. The van der Waals surface area contributed by atoms with Crippen molar-refractivity contribution in [2.45, 2.75) is 10.1 Å². The number of rotatable bonds is 7. The van der Waals surface area contributed by atoms with Crippen LogP contribution in [0, 0.1) is 0 Å². The fourth-order valence-corrected chi connectivity index (χ4v) is 3.84. The van der Waals surface area contributed by atoms with Crippen LogP contribution in [0.1, 0.15) is 26.8 Å². The van der Waals surface area contributed by atoms with E-state index in [0.717, 1.165) is 0 Å². The van der Waals surface area contributed by atoms with Crippen LogP contribution in [-0.4, -0.2) is 34.3 Å². The molecule has 148 valence electrons. The molecule has 1 amide bonds. The van der Waals surface area contributed by atoms with Gasteiger partial charge in [0, 0.05) is 6.07 Å². The summed E-state index contributed by atoms with van der Waals surface area (Å²) in [6.07, 6.45) is 1.50. The van der Waals surface area contributed by atoms with E-state index in [2.05, 4.69) is 25.4 Å². The maximum Gasteiger partial charge on any atom is 0.373 e. The number of anilines is 1. The van der Waals surface area contributed by atoms with E-state index < -0.39 is 11.9 Å². The Morgan fingerprint density at radius 1 is 1.24 bits per heavy atom. The van der Waals surface area contributed by atoms with Crippen molar-refractivity contribution >= 4 is 40.1 Å². The number of carbonyl (C=O) groups excluding carboxylic acids is 2. The summed E-state index contributed by atoms with van der Waals surface area (Å²) in [6.45, 7) is 0. The van der Waals surface area contributed by atoms with Crippen LogP contribution in [0.5, 0.6) is 0 Å². The number of hydrogen-bond donors (Lipinski definition) is 1. The lowest BCUT2D eigenvalue weighted by molar-refractivity contribution is 0.0563. The number of hydrogen-bond acceptors (Lipinski definition) is 11. The summed E-state index contributed by atoms with van der Waals surface area (Å²) in [5.41, 5.74) is 0.0896. The smallest absolute Gasteiger partial charge is 0.373 e. The average molecular weight is 432 g/mol. The zero-order valence-corrected chi connectivity index (χ0v) is 16.4. The van der Waals surface area contributed by atoms with Crippen molar-refractivity contribution in [2.24, 2.45) is 0 Å². The second-order valence-electron chi connectivity index (χ2n) is 5.43. The van der Waals surface area contributed by atoms with Crippen molar-refractivity contribution in [3.63, 3.8) is 0 Å². The Hall–Kier alpha value is -3.38. The number of ether oxygens (including phenoxy) is 1. The molecule has 0 aromatic carbocycles. The van der Waals surface area contributed by atoms with Gasteiger partial charge in [0.15, 0.2) is 15.8 Å². The molecule has 0 aliphatic carbocycles. The minimum Gasteiger partial charge on any atom is -0.463 e. The first-order chi connectivity index (χ1) is 14.1. The predicted octanol–water partition coefficient (Wildman–Crippen LogP) is 3.71. The molecule has 0 aliphatic heterocycles. The fourth-order valence-electron chi connectivity index (χ4n) is 2.20. The summed E-state index contributed by atoms with van der Waals surface area (Å²) in [6, 6.07) is 8.10. The van der Waals surface area contributed by atoms with E-state index >= 15 is 0 Å². The van der Waals surface area contributed by atoms with E-state index in [4.69, 9.17) is 13.4 Å². The summed E-state index contributed by atoms with van der Waals surface area (Å²) in [5, 5.41) is 14.6. The SMILES string of the molecule is COC(=O)c1ccc(CSc2nnc(NC(=O)c3cc(-c4ccco4)on3)s2)o1. The first kappa shape index (κ1) is 19.0. The van der Waals surface area contributed by atoms with E-state index in [9.17, 15) is 9.59 Å². The van der Waals surface area contributed by atoms with Crippen molar-refractivity contribution < 1.29 is 27.7 Å². The fraction of sp³-hybridized carbons (Fsp3) is 0.118. The van der Waals surface area contributed by atoms with Crippen LogP contribution in [-0.2, 0) is 10.5 Å². The number of nitrogens with zero attached hydrogens (tertiary/aromatic N) is 3. The Labute approximate surface area is 171 Å². The van der Waals surface area contributed by atoms with Gasteiger partial charge in [-0.3, -0.25) is 10.1 Å². The number of nitrogens with one attached hydrogen (secondary N) is 1. The van der Waals surface area contributed by atoms with Gasteiger partial charge in [0.2, 0.25) is 16.7 Å². The van der Waals surface area contributed by atoms with Crippen molar-refractivity contribution in [3.05, 3.63) is 53.8 Å². The first-order valence-electron chi connectivity index (χ1n) is 8.07. The summed E-state index contributed by atoms with van der Waals surface area (Å²) >= 11 is 2.55. The normalized spacial score (nSPS) is 10.8. The quantitative estimate of drug-likeness (QED) is 0.262. The molecule has 4 aromatic rings. The van der Waals surface area contributed by atoms with Crippen LogP contribution in [0.3, 0.4) is 0 Å². The third-order valence-corrected chi connectivity index (χ3v) is 5.51. The van der Waals surface area contributed by atoms with Gasteiger partial charge in [-0.2, -0.15) is 0 Å². The molecule has 0 fully saturated rings. The topological polar surface area (TPSA) is 133 Å².